The first-order valence-electron chi connectivity index (χ1n) is 22.8. The van der Waals surface area contributed by atoms with Crippen molar-refractivity contribution < 1.29 is 46.6 Å². The monoisotopic (exact) mass is 1050 g/mol. The van der Waals surface area contributed by atoms with Crippen LogP contribution in [0.1, 0.15) is 97.2 Å². The summed E-state index contributed by atoms with van der Waals surface area (Å²) in [6, 6.07) is 16.1. The Morgan fingerprint density at radius 3 is 1.49 bits per heavy atom. The van der Waals surface area contributed by atoms with E-state index in [2.05, 4.69) is 58.5 Å². The van der Waals surface area contributed by atoms with E-state index in [9.17, 15) is 39.0 Å². The maximum absolute atomic E-state index is 13.1. The molecule has 0 bridgehead atoms. The van der Waals surface area contributed by atoms with Gasteiger partial charge in [0.2, 0.25) is 29.5 Å². The zero-order valence-corrected chi connectivity index (χ0v) is 41.6. The van der Waals surface area contributed by atoms with Crippen LogP contribution in [-0.2, 0) is 32.3 Å². The minimum absolute atomic E-state index is 0. The number of hydrogen-bond donors (Lipinski definition) is 4. The first-order chi connectivity index (χ1) is 33.0. The number of carboxylic acids is 2. The number of carbonyl (C=O) groups excluding carboxylic acids is 4. The summed E-state index contributed by atoms with van der Waals surface area (Å²) in [7, 11) is 1.37. The topological polar surface area (TPSA) is 215 Å². The number of methoxy groups -OCH3 is 1. The molecule has 8 rings (SSSR count). The fourth-order valence-electron chi connectivity index (χ4n) is 9.57. The highest BCUT2D eigenvalue weighted by Crippen LogP contribution is 2.31. The van der Waals surface area contributed by atoms with Gasteiger partial charge in [-0.05, 0) is 121 Å². The number of hydrogen-bond acceptors (Lipinski definition) is 11. The Hall–Kier alpha value is -5.66. The Morgan fingerprint density at radius 2 is 1.09 bits per heavy atom. The normalized spacial score (nSPS) is 19.3. The summed E-state index contributed by atoms with van der Waals surface area (Å²) in [6.07, 6.45) is 4.65. The molecule has 0 spiro atoms. The highest BCUT2D eigenvalue weighted by atomic mass is 79.9. The van der Waals surface area contributed by atoms with Crippen molar-refractivity contribution in [3.05, 3.63) is 109 Å². The van der Waals surface area contributed by atoms with Gasteiger partial charge in [0.05, 0.1) is 18.2 Å². The molecule has 4 fully saturated rings. The number of amides is 4. The number of anilines is 2. The van der Waals surface area contributed by atoms with Crippen LogP contribution in [0.3, 0.4) is 0 Å². The number of carbonyl (C=O) groups is 6. The van der Waals surface area contributed by atoms with E-state index < -0.39 is 24.0 Å². The molecule has 370 valence electrons. The number of benzene rings is 2. The zero-order valence-electron chi connectivity index (χ0n) is 38.6. The number of rotatable bonds is 13. The first kappa shape index (κ1) is 51.2. The van der Waals surface area contributed by atoms with E-state index in [0.717, 1.165) is 86.1 Å². The van der Waals surface area contributed by atoms with Crippen molar-refractivity contribution in [1.29, 1.82) is 0 Å². The second-order valence-electron chi connectivity index (χ2n) is 17.8. The van der Waals surface area contributed by atoms with Gasteiger partial charge < -0.3 is 35.4 Å². The number of aromatic nitrogens is 2. The third-order valence-electron chi connectivity index (χ3n) is 13.1. The Labute approximate surface area is 421 Å². The van der Waals surface area contributed by atoms with Crippen LogP contribution in [0.15, 0.2) is 65.3 Å². The molecule has 17 nitrogen and oxygen atoms in total. The van der Waals surface area contributed by atoms with Crippen LogP contribution >= 0.6 is 39.1 Å². The molecule has 4 N–H and O–H groups in total. The predicted molar refractivity (Wildman–Crippen MR) is 267 cm³/mol. The van der Waals surface area contributed by atoms with Crippen molar-refractivity contribution in [1.82, 2.24) is 29.6 Å². The molecule has 4 aromatic rings. The number of halogens is 3. The van der Waals surface area contributed by atoms with Crippen LogP contribution in [0.25, 0.3) is 0 Å². The second-order valence-corrected chi connectivity index (χ2v) is 19.5. The van der Waals surface area contributed by atoms with Crippen LogP contribution < -0.4 is 15.4 Å². The number of carboxylic acid groups (broad SMARTS) is 2. The van der Waals surface area contributed by atoms with Crippen LogP contribution in [0.5, 0.6) is 5.88 Å². The molecule has 4 saturated heterocycles. The summed E-state index contributed by atoms with van der Waals surface area (Å²) in [5.41, 5.74) is 4.48. The SMILES string of the molecule is COc1cc(C(=O)O)cc(NC(=O)[C@H]2CCC(=O)N2C2CCN(Cc3ccc(Cl)c(C)c3)CC2)n1.Cc1cc(CN2CCC(N3C(=O)CC[C@@H]3C(=O)Nc3cc(C(=O)O)cc(Br)n3)CC2)ccc1Cl.[HH].[HH]. The van der Waals surface area contributed by atoms with Crippen molar-refractivity contribution in [2.24, 2.45) is 0 Å². The van der Waals surface area contributed by atoms with Crippen molar-refractivity contribution in [2.45, 2.75) is 102 Å². The lowest BCUT2D eigenvalue weighted by molar-refractivity contribution is -0.136. The van der Waals surface area contributed by atoms with Gasteiger partial charge in [0, 0.05) is 83.2 Å². The number of nitrogens with zero attached hydrogens (tertiary/aromatic N) is 6. The molecular formula is C49H59BrCl2N8O9. The summed E-state index contributed by atoms with van der Waals surface area (Å²) >= 11 is 15.4. The van der Waals surface area contributed by atoms with Crippen molar-refractivity contribution in [2.75, 3.05) is 43.9 Å². The largest absolute Gasteiger partial charge is 0.481 e. The summed E-state index contributed by atoms with van der Waals surface area (Å²) in [6.45, 7) is 8.94. The Kier molecular flexibility index (Phi) is 16.9. The molecule has 69 heavy (non-hydrogen) atoms. The van der Waals surface area contributed by atoms with Gasteiger partial charge in [-0.15, -0.1) is 0 Å². The molecule has 6 heterocycles. The van der Waals surface area contributed by atoms with Crippen LogP contribution in [0, 0.1) is 13.8 Å². The van der Waals surface area contributed by atoms with Gasteiger partial charge in [0.15, 0.2) is 0 Å². The smallest absolute Gasteiger partial charge is 0.336 e. The van der Waals surface area contributed by atoms with E-state index in [1.807, 2.05) is 38.1 Å². The number of nitrogens with one attached hydrogen (secondary N) is 2. The van der Waals surface area contributed by atoms with Crippen LogP contribution in [0.4, 0.5) is 11.6 Å². The Morgan fingerprint density at radius 1 is 0.667 bits per heavy atom. The van der Waals surface area contributed by atoms with Gasteiger partial charge in [0.1, 0.15) is 28.3 Å². The Balaban J connectivity index is 0.000000257. The molecule has 0 radical (unpaired) electrons. The fourth-order valence-corrected chi connectivity index (χ4v) is 10.2. The number of ether oxygens (including phenoxy) is 1. The third kappa shape index (κ3) is 13.0. The average Bonchev–Trinajstić information content (AvgIpc) is 3.91. The summed E-state index contributed by atoms with van der Waals surface area (Å²) in [5, 5.41) is 25.5. The second kappa shape index (κ2) is 22.8. The minimum atomic E-state index is -1.15. The lowest BCUT2D eigenvalue weighted by Gasteiger charge is -2.39. The number of piperidine rings is 2. The van der Waals surface area contributed by atoms with Crippen LogP contribution in [0.2, 0.25) is 10.0 Å². The summed E-state index contributed by atoms with van der Waals surface area (Å²) in [5.74, 6) is -2.71. The molecule has 0 saturated carbocycles. The zero-order chi connectivity index (χ0) is 49.5. The first-order valence-corrected chi connectivity index (χ1v) is 24.4. The molecule has 0 unspecified atom stereocenters. The summed E-state index contributed by atoms with van der Waals surface area (Å²) in [4.78, 5) is 90.7. The third-order valence-corrected chi connectivity index (χ3v) is 14.3. The quantitative estimate of drug-likeness (QED) is 0.0938. The number of aryl methyl sites for hydroxylation is 2. The van der Waals surface area contributed by atoms with Crippen molar-refractivity contribution >= 4 is 86.3 Å². The van der Waals surface area contributed by atoms with Crippen molar-refractivity contribution in [3.8, 4) is 5.88 Å². The highest BCUT2D eigenvalue weighted by molar-refractivity contribution is 9.10. The lowest BCUT2D eigenvalue weighted by Crippen LogP contribution is -2.51. The maximum Gasteiger partial charge on any atom is 0.336 e. The fraction of sp³-hybridized carbons (Fsp3) is 0.429. The van der Waals surface area contributed by atoms with Gasteiger partial charge in [0.25, 0.3) is 0 Å². The lowest BCUT2D eigenvalue weighted by atomic mass is 10.0. The number of aromatic carboxylic acids is 2. The molecular weight excluding hydrogens is 995 g/mol. The van der Waals surface area contributed by atoms with Gasteiger partial charge in [-0.25, -0.2) is 14.6 Å². The molecule has 20 heteroatoms. The van der Waals surface area contributed by atoms with E-state index in [0.29, 0.717) is 30.3 Å². The van der Waals surface area contributed by atoms with E-state index in [1.165, 1.54) is 42.5 Å². The molecule has 4 aliphatic heterocycles. The molecule has 2 atom stereocenters. The number of likely N-dealkylation sites (tertiary alicyclic amines) is 4. The molecule has 2 aromatic heterocycles. The molecule has 4 aliphatic rings. The van der Waals surface area contributed by atoms with E-state index in [1.54, 1.807) is 9.80 Å². The van der Waals surface area contributed by atoms with E-state index in [4.69, 9.17) is 27.9 Å². The molecule has 4 amide bonds. The average molecular weight is 1050 g/mol. The molecule has 0 aliphatic carbocycles. The van der Waals surface area contributed by atoms with E-state index in [-0.39, 0.29) is 67.2 Å². The number of pyridine rings is 2. The Bertz CT molecular complexity index is 2620. The minimum Gasteiger partial charge on any atom is -0.481 e. The van der Waals surface area contributed by atoms with Gasteiger partial charge in [-0.1, -0.05) is 47.5 Å². The maximum atomic E-state index is 13.1. The van der Waals surface area contributed by atoms with Gasteiger partial charge >= 0.3 is 11.9 Å². The van der Waals surface area contributed by atoms with Crippen molar-refractivity contribution in [3.63, 3.8) is 0 Å². The standard InChI is InChI=1S/C25H29ClN4O5.C24H26BrClN4O4.2H2/c1-15-11-16(3-4-19(15)26)14-29-9-7-18(8-10-29)30-20(5-6-23(30)31)24(32)28-21-12-17(25(33)34)13-22(27-21)35-2;1-14-10-15(2-3-18(14)26)13-29-8-6-17(7-9-29)30-19(4-5-22(30)31)23(32)28-21-12-16(24(33)34)11-20(25)27-21;;/h3-4,11-13,18,20H,5-10,14H2,1-2H3,(H,33,34)(H,27,28,32);2-3,10-12,17,19H,4-9,13H2,1H3,(H,33,34)(H,27,28,32);2*1H/t20-;19-;;/m11../s1. The van der Waals surface area contributed by atoms with E-state index >= 15 is 0 Å². The van der Waals surface area contributed by atoms with Gasteiger partial charge in [-0.2, -0.15) is 4.98 Å². The predicted octanol–water partition coefficient (Wildman–Crippen LogP) is 7.93. The van der Waals surface area contributed by atoms with Crippen LogP contribution in [-0.4, -0.2) is 133 Å². The van der Waals surface area contributed by atoms with Gasteiger partial charge in [-0.3, -0.25) is 29.0 Å². The highest BCUT2D eigenvalue weighted by Gasteiger charge is 2.43. The summed E-state index contributed by atoms with van der Waals surface area (Å²) < 4.78 is 5.36. The molecule has 2 aromatic carbocycles.